The third kappa shape index (κ3) is 2.00. The molecule has 1 saturated heterocycles. The maximum atomic E-state index is 10.1. The summed E-state index contributed by atoms with van der Waals surface area (Å²) in [6, 6.07) is 0.735. The van der Waals surface area contributed by atoms with Gasteiger partial charge < -0.3 is 10.0 Å². The van der Waals surface area contributed by atoms with Crippen molar-refractivity contribution in [2.45, 2.75) is 63.5 Å². The predicted molar refractivity (Wildman–Crippen MR) is 77.7 cm³/mol. The number of hydrogen-bond donors (Lipinski definition) is 1. The third-order valence-electron chi connectivity index (χ3n) is 5.15. The van der Waals surface area contributed by atoms with Crippen LogP contribution in [0, 0.1) is 5.92 Å². The first-order chi connectivity index (χ1) is 9.33. The molecule has 104 valence electrons. The molecule has 0 spiro atoms. The SMILES string of the molecule is OC1CCCc2nc(N3CCCC4CCCC43)sc21. The van der Waals surface area contributed by atoms with Crippen LogP contribution < -0.4 is 4.90 Å². The van der Waals surface area contributed by atoms with Crippen molar-refractivity contribution in [1.82, 2.24) is 4.98 Å². The second-order valence-corrected chi connectivity index (χ2v) is 7.32. The van der Waals surface area contributed by atoms with E-state index in [1.165, 1.54) is 49.5 Å². The predicted octanol–water partition coefficient (Wildman–Crippen LogP) is 3.28. The van der Waals surface area contributed by atoms with E-state index >= 15 is 0 Å². The first-order valence-electron chi connectivity index (χ1n) is 7.77. The molecule has 1 N–H and O–H groups in total. The minimum atomic E-state index is -0.251. The maximum Gasteiger partial charge on any atom is 0.186 e. The lowest BCUT2D eigenvalue weighted by Gasteiger charge is -2.37. The third-order valence-corrected chi connectivity index (χ3v) is 6.38. The number of hydrogen-bond acceptors (Lipinski definition) is 4. The van der Waals surface area contributed by atoms with Crippen LogP contribution in [0.1, 0.15) is 61.6 Å². The lowest BCUT2D eigenvalue weighted by molar-refractivity contribution is 0.160. The van der Waals surface area contributed by atoms with Gasteiger partial charge in [-0.05, 0) is 50.9 Å². The number of aryl methyl sites for hydroxylation is 1. The summed E-state index contributed by atoms with van der Waals surface area (Å²) >= 11 is 1.76. The fourth-order valence-corrected chi connectivity index (χ4v) is 5.41. The summed E-state index contributed by atoms with van der Waals surface area (Å²) in [7, 11) is 0. The standard InChI is InChI=1S/C15H22N2OS/c18-13-8-2-6-11-14(13)19-15(16-11)17-9-3-5-10-4-1-7-12(10)17/h10,12-13,18H,1-9H2. The highest BCUT2D eigenvalue weighted by atomic mass is 32.1. The number of nitrogens with zero attached hydrogens (tertiary/aromatic N) is 2. The fourth-order valence-electron chi connectivity index (χ4n) is 4.20. The van der Waals surface area contributed by atoms with E-state index in [4.69, 9.17) is 4.98 Å². The monoisotopic (exact) mass is 278 g/mol. The lowest BCUT2D eigenvalue weighted by atomic mass is 9.92. The quantitative estimate of drug-likeness (QED) is 0.856. The molecule has 19 heavy (non-hydrogen) atoms. The van der Waals surface area contributed by atoms with Crippen molar-refractivity contribution in [3.05, 3.63) is 10.6 Å². The highest BCUT2D eigenvalue weighted by Crippen LogP contribution is 2.43. The smallest absolute Gasteiger partial charge is 0.186 e. The van der Waals surface area contributed by atoms with E-state index in [-0.39, 0.29) is 6.10 Å². The zero-order valence-electron chi connectivity index (χ0n) is 11.3. The molecular formula is C15H22N2OS. The zero-order valence-corrected chi connectivity index (χ0v) is 12.2. The molecule has 2 aliphatic carbocycles. The van der Waals surface area contributed by atoms with E-state index in [0.29, 0.717) is 0 Å². The minimum Gasteiger partial charge on any atom is -0.388 e. The summed E-state index contributed by atoms with van der Waals surface area (Å²) in [6.07, 6.45) is 9.68. The van der Waals surface area contributed by atoms with Gasteiger partial charge in [0, 0.05) is 12.6 Å². The molecule has 1 saturated carbocycles. The molecule has 4 heteroatoms. The average molecular weight is 278 g/mol. The molecule has 0 aromatic carbocycles. The molecule has 0 radical (unpaired) electrons. The van der Waals surface area contributed by atoms with Gasteiger partial charge in [-0.2, -0.15) is 0 Å². The Morgan fingerprint density at radius 3 is 2.89 bits per heavy atom. The number of anilines is 1. The maximum absolute atomic E-state index is 10.1. The Hall–Kier alpha value is -0.610. The molecule has 0 amide bonds. The van der Waals surface area contributed by atoms with Crippen molar-refractivity contribution in [3.63, 3.8) is 0 Å². The topological polar surface area (TPSA) is 36.4 Å². The Morgan fingerprint density at radius 1 is 1.11 bits per heavy atom. The van der Waals surface area contributed by atoms with Crippen molar-refractivity contribution in [2.75, 3.05) is 11.4 Å². The summed E-state index contributed by atoms with van der Waals surface area (Å²) in [5.74, 6) is 0.902. The zero-order chi connectivity index (χ0) is 12.8. The lowest BCUT2D eigenvalue weighted by Crippen LogP contribution is -2.42. The van der Waals surface area contributed by atoms with Gasteiger partial charge in [-0.15, -0.1) is 0 Å². The second kappa shape index (κ2) is 4.74. The van der Waals surface area contributed by atoms with E-state index in [0.717, 1.165) is 36.1 Å². The summed E-state index contributed by atoms with van der Waals surface area (Å²) < 4.78 is 0. The van der Waals surface area contributed by atoms with Gasteiger partial charge in [0.05, 0.1) is 16.7 Å². The van der Waals surface area contributed by atoms with E-state index < -0.39 is 0 Å². The number of aliphatic hydroxyl groups is 1. The molecule has 3 aliphatic rings. The van der Waals surface area contributed by atoms with Crippen LogP contribution in [0.25, 0.3) is 0 Å². The van der Waals surface area contributed by atoms with Gasteiger partial charge in [-0.1, -0.05) is 17.8 Å². The first kappa shape index (κ1) is 12.2. The van der Waals surface area contributed by atoms with E-state index in [2.05, 4.69) is 4.90 Å². The van der Waals surface area contributed by atoms with Gasteiger partial charge in [-0.25, -0.2) is 4.98 Å². The molecule has 1 aliphatic heterocycles. The average Bonchev–Trinajstić information content (AvgIpc) is 3.05. The van der Waals surface area contributed by atoms with Gasteiger partial charge in [0.25, 0.3) is 0 Å². The number of fused-ring (bicyclic) bond motifs is 2. The highest BCUT2D eigenvalue weighted by Gasteiger charge is 2.37. The molecule has 2 heterocycles. The van der Waals surface area contributed by atoms with E-state index in [1.807, 2.05) is 0 Å². The van der Waals surface area contributed by atoms with Crippen molar-refractivity contribution in [1.29, 1.82) is 0 Å². The Kier molecular flexibility index (Phi) is 3.03. The molecule has 1 aromatic rings. The molecular weight excluding hydrogens is 256 g/mol. The summed E-state index contributed by atoms with van der Waals surface area (Å²) in [5, 5.41) is 11.3. The van der Waals surface area contributed by atoms with Crippen LogP contribution in [-0.2, 0) is 6.42 Å². The highest BCUT2D eigenvalue weighted by molar-refractivity contribution is 7.15. The van der Waals surface area contributed by atoms with Gasteiger partial charge in [0.2, 0.25) is 0 Å². The van der Waals surface area contributed by atoms with Crippen molar-refractivity contribution in [2.24, 2.45) is 5.92 Å². The molecule has 3 nitrogen and oxygen atoms in total. The van der Waals surface area contributed by atoms with Crippen molar-refractivity contribution >= 4 is 16.5 Å². The summed E-state index contributed by atoms with van der Waals surface area (Å²) in [6.45, 7) is 1.17. The van der Waals surface area contributed by atoms with Crippen LogP contribution in [-0.4, -0.2) is 22.7 Å². The largest absolute Gasteiger partial charge is 0.388 e. The molecule has 0 bridgehead atoms. The second-order valence-electron chi connectivity index (χ2n) is 6.31. The van der Waals surface area contributed by atoms with Gasteiger partial charge in [-0.3, -0.25) is 0 Å². The first-order valence-corrected chi connectivity index (χ1v) is 8.59. The Labute approximate surface area is 118 Å². The minimum absolute atomic E-state index is 0.251. The Balaban J connectivity index is 1.64. The van der Waals surface area contributed by atoms with Crippen LogP contribution in [0.15, 0.2) is 0 Å². The summed E-state index contributed by atoms with van der Waals surface area (Å²) in [4.78, 5) is 8.59. The van der Waals surface area contributed by atoms with Crippen molar-refractivity contribution < 1.29 is 5.11 Å². The van der Waals surface area contributed by atoms with Crippen LogP contribution in [0.5, 0.6) is 0 Å². The molecule has 2 fully saturated rings. The van der Waals surface area contributed by atoms with Crippen LogP contribution in [0.3, 0.4) is 0 Å². The molecule has 4 rings (SSSR count). The number of piperidine rings is 1. The van der Waals surface area contributed by atoms with E-state index in [1.54, 1.807) is 11.3 Å². The van der Waals surface area contributed by atoms with E-state index in [9.17, 15) is 5.11 Å². The Bertz CT molecular complexity index is 473. The molecule has 3 atom stereocenters. The molecule has 1 aromatic heterocycles. The fraction of sp³-hybridized carbons (Fsp3) is 0.800. The number of aromatic nitrogens is 1. The van der Waals surface area contributed by atoms with Crippen LogP contribution >= 0.6 is 11.3 Å². The number of aliphatic hydroxyl groups excluding tert-OH is 1. The summed E-state index contributed by atoms with van der Waals surface area (Å²) in [5.41, 5.74) is 1.18. The number of thiazole rings is 1. The van der Waals surface area contributed by atoms with Gasteiger partial charge in [0.15, 0.2) is 5.13 Å². The molecule has 3 unspecified atom stereocenters. The normalized spacial score (nSPS) is 34.2. The number of rotatable bonds is 1. The van der Waals surface area contributed by atoms with Crippen molar-refractivity contribution in [3.8, 4) is 0 Å². The van der Waals surface area contributed by atoms with Gasteiger partial charge >= 0.3 is 0 Å². The van der Waals surface area contributed by atoms with Gasteiger partial charge in [0.1, 0.15) is 0 Å². The van der Waals surface area contributed by atoms with Crippen LogP contribution in [0.2, 0.25) is 0 Å². The van der Waals surface area contributed by atoms with Crippen LogP contribution in [0.4, 0.5) is 5.13 Å². The Morgan fingerprint density at radius 2 is 2.00 bits per heavy atom.